The van der Waals surface area contributed by atoms with E-state index in [1.807, 2.05) is 25.3 Å². The molecule has 0 aliphatic rings. The number of aromatic nitrogens is 1. The van der Waals surface area contributed by atoms with Crippen LogP contribution in [0.2, 0.25) is 0 Å². The molecule has 1 atom stereocenters. The summed E-state index contributed by atoms with van der Waals surface area (Å²) in [4.78, 5) is 4.40. The molecule has 3 N–H and O–H groups in total. The van der Waals surface area contributed by atoms with Crippen molar-refractivity contribution < 1.29 is 4.39 Å². The lowest BCUT2D eigenvalue weighted by Crippen LogP contribution is -2.29. The van der Waals surface area contributed by atoms with Crippen molar-refractivity contribution in [2.75, 3.05) is 0 Å². The van der Waals surface area contributed by atoms with Crippen LogP contribution in [0.3, 0.4) is 0 Å². The molecule has 1 aromatic heterocycles. The maximum absolute atomic E-state index is 13.4. The Labute approximate surface area is 110 Å². The molecule has 0 spiro atoms. The van der Waals surface area contributed by atoms with Crippen LogP contribution >= 0.6 is 11.3 Å². The SMILES string of the molecule is Cc1cc(F)cc(C(Cc2nc(C)cs2)NN)c1. The Morgan fingerprint density at radius 2 is 2.17 bits per heavy atom. The molecule has 1 aromatic carbocycles. The molecule has 0 saturated heterocycles. The summed E-state index contributed by atoms with van der Waals surface area (Å²) in [6.07, 6.45) is 0.665. The lowest BCUT2D eigenvalue weighted by atomic mass is 10.0. The maximum atomic E-state index is 13.4. The van der Waals surface area contributed by atoms with Gasteiger partial charge in [0.25, 0.3) is 0 Å². The van der Waals surface area contributed by atoms with Crippen LogP contribution in [-0.2, 0) is 6.42 Å². The van der Waals surface area contributed by atoms with Crippen molar-refractivity contribution in [3.05, 3.63) is 51.2 Å². The van der Waals surface area contributed by atoms with Crippen molar-refractivity contribution in [3.63, 3.8) is 0 Å². The number of rotatable bonds is 4. The number of halogens is 1. The van der Waals surface area contributed by atoms with E-state index >= 15 is 0 Å². The van der Waals surface area contributed by atoms with Crippen molar-refractivity contribution in [2.24, 2.45) is 5.84 Å². The molecule has 2 rings (SSSR count). The molecular formula is C13H16FN3S. The quantitative estimate of drug-likeness (QED) is 0.660. The number of hydrazine groups is 1. The summed E-state index contributed by atoms with van der Waals surface area (Å²) < 4.78 is 13.4. The number of nitrogens with zero attached hydrogens (tertiary/aromatic N) is 1. The Bertz CT molecular complexity index is 519. The molecule has 96 valence electrons. The van der Waals surface area contributed by atoms with Gasteiger partial charge in [-0.15, -0.1) is 11.3 Å². The highest BCUT2D eigenvalue weighted by Crippen LogP contribution is 2.22. The van der Waals surface area contributed by atoms with Crippen LogP contribution in [0.5, 0.6) is 0 Å². The molecule has 0 amide bonds. The van der Waals surface area contributed by atoms with E-state index in [-0.39, 0.29) is 11.9 Å². The minimum atomic E-state index is -0.236. The highest BCUT2D eigenvalue weighted by Gasteiger charge is 2.14. The number of benzene rings is 1. The lowest BCUT2D eigenvalue weighted by molar-refractivity contribution is 0.542. The van der Waals surface area contributed by atoms with Crippen molar-refractivity contribution >= 4 is 11.3 Å². The fourth-order valence-electron chi connectivity index (χ4n) is 1.91. The number of nitrogens with one attached hydrogen (secondary N) is 1. The van der Waals surface area contributed by atoms with Crippen molar-refractivity contribution in [3.8, 4) is 0 Å². The highest BCUT2D eigenvalue weighted by molar-refractivity contribution is 7.09. The third-order valence-corrected chi connectivity index (χ3v) is 3.70. The first kappa shape index (κ1) is 13.1. The Hall–Kier alpha value is -1.30. The Morgan fingerprint density at radius 1 is 1.39 bits per heavy atom. The van der Waals surface area contributed by atoms with Gasteiger partial charge in [-0.3, -0.25) is 11.3 Å². The van der Waals surface area contributed by atoms with E-state index < -0.39 is 0 Å². The minimum Gasteiger partial charge on any atom is -0.271 e. The van der Waals surface area contributed by atoms with Gasteiger partial charge in [-0.2, -0.15) is 0 Å². The summed E-state index contributed by atoms with van der Waals surface area (Å²) in [7, 11) is 0. The van der Waals surface area contributed by atoms with Crippen LogP contribution < -0.4 is 11.3 Å². The van der Waals surface area contributed by atoms with Gasteiger partial charge < -0.3 is 0 Å². The van der Waals surface area contributed by atoms with E-state index in [1.165, 1.54) is 12.1 Å². The Morgan fingerprint density at radius 3 is 2.72 bits per heavy atom. The molecule has 1 heterocycles. The van der Waals surface area contributed by atoms with Gasteiger partial charge in [0.1, 0.15) is 5.82 Å². The van der Waals surface area contributed by atoms with Crippen LogP contribution in [0.15, 0.2) is 23.6 Å². The highest BCUT2D eigenvalue weighted by atomic mass is 32.1. The fraction of sp³-hybridized carbons (Fsp3) is 0.308. The van der Waals surface area contributed by atoms with Crippen molar-refractivity contribution in [1.82, 2.24) is 10.4 Å². The average Bonchev–Trinajstić information content (AvgIpc) is 2.70. The summed E-state index contributed by atoms with van der Waals surface area (Å²) >= 11 is 1.60. The van der Waals surface area contributed by atoms with Crippen LogP contribution in [0.25, 0.3) is 0 Å². The predicted molar refractivity (Wildman–Crippen MR) is 71.8 cm³/mol. The summed E-state index contributed by atoms with van der Waals surface area (Å²) in [5.74, 6) is 5.33. The van der Waals surface area contributed by atoms with E-state index in [0.717, 1.165) is 21.8 Å². The van der Waals surface area contributed by atoms with Gasteiger partial charge in [0, 0.05) is 17.5 Å². The molecule has 0 bridgehead atoms. The summed E-state index contributed by atoms with van der Waals surface area (Å²) in [5.41, 5.74) is 5.47. The maximum Gasteiger partial charge on any atom is 0.123 e. The van der Waals surface area contributed by atoms with Gasteiger partial charge in [-0.05, 0) is 37.1 Å². The monoisotopic (exact) mass is 265 g/mol. The molecule has 5 heteroatoms. The number of hydrogen-bond acceptors (Lipinski definition) is 4. The van der Waals surface area contributed by atoms with Gasteiger partial charge in [0.2, 0.25) is 0 Å². The summed E-state index contributed by atoms with van der Waals surface area (Å²) in [6, 6.07) is 4.83. The summed E-state index contributed by atoms with van der Waals surface area (Å²) in [5, 5.41) is 3.00. The zero-order valence-electron chi connectivity index (χ0n) is 10.4. The standard InChI is InChI=1S/C13H16FN3S/c1-8-3-10(5-11(14)4-8)12(17-15)6-13-16-9(2)7-18-13/h3-5,7,12,17H,6,15H2,1-2H3. The zero-order valence-corrected chi connectivity index (χ0v) is 11.2. The van der Waals surface area contributed by atoms with Crippen LogP contribution in [0.1, 0.15) is 27.9 Å². The normalized spacial score (nSPS) is 12.7. The predicted octanol–water partition coefficient (Wildman–Crippen LogP) is 2.65. The molecule has 3 nitrogen and oxygen atoms in total. The molecule has 0 fully saturated rings. The molecule has 0 radical (unpaired) electrons. The van der Waals surface area contributed by atoms with Gasteiger partial charge in [-0.1, -0.05) is 6.07 Å². The molecule has 0 saturated carbocycles. The van der Waals surface area contributed by atoms with Crippen LogP contribution in [-0.4, -0.2) is 4.98 Å². The van der Waals surface area contributed by atoms with E-state index in [1.54, 1.807) is 11.3 Å². The number of hydrogen-bond donors (Lipinski definition) is 2. The zero-order chi connectivity index (χ0) is 13.1. The average molecular weight is 265 g/mol. The second-order valence-corrected chi connectivity index (χ2v) is 5.31. The fourth-order valence-corrected chi connectivity index (χ4v) is 2.73. The van der Waals surface area contributed by atoms with Gasteiger partial charge in [0.05, 0.1) is 11.0 Å². The van der Waals surface area contributed by atoms with Crippen molar-refractivity contribution in [2.45, 2.75) is 26.3 Å². The first-order chi connectivity index (χ1) is 8.58. The van der Waals surface area contributed by atoms with E-state index in [2.05, 4.69) is 10.4 Å². The number of thiazole rings is 1. The number of nitrogens with two attached hydrogens (primary N) is 1. The topological polar surface area (TPSA) is 50.9 Å². The molecule has 18 heavy (non-hydrogen) atoms. The second-order valence-electron chi connectivity index (χ2n) is 4.37. The van der Waals surface area contributed by atoms with Gasteiger partial charge >= 0.3 is 0 Å². The van der Waals surface area contributed by atoms with Crippen LogP contribution in [0.4, 0.5) is 4.39 Å². The molecule has 0 aliphatic heterocycles. The third-order valence-electron chi connectivity index (χ3n) is 2.71. The molecule has 0 aliphatic carbocycles. The first-order valence-electron chi connectivity index (χ1n) is 5.72. The van der Waals surface area contributed by atoms with Crippen LogP contribution in [0, 0.1) is 19.7 Å². The van der Waals surface area contributed by atoms with Gasteiger partial charge in [0.15, 0.2) is 0 Å². The molecular weight excluding hydrogens is 249 g/mol. The Balaban J connectivity index is 2.22. The largest absolute Gasteiger partial charge is 0.271 e. The van der Waals surface area contributed by atoms with Crippen molar-refractivity contribution in [1.29, 1.82) is 0 Å². The third kappa shape index (κ3) is 3.13. The molecule has 2 aromatic rings. The number of aryl methyl sites for hydroxylation is 2. The van der Waals surface area contributed by atoms with Gasteiger partial charge in [-0.25, -0.2) is 9.37 Å². The van der Waals surface area contributed by atoms with E-state index in [9.17, 15) is 4.39 Å². The van der Waals surface area contributed by atoms with E-state index in [4.69, 9.17) is 5.84 Å². The second kappa shape index (κ2) is 5.56. The first-order valence-corrected chi connectivity index (χ1v) is 6.60. The van der Waals surface area contributed by atoms with E-state index in [0.29, 0.717) is 6.42 Å². The molecule has 1 unspecified atom stereocenters. The summed E-state index contributed by atoms with van der Waals surface area (Å²) in [6.45, 7) is 3.82. The smallest absolute Gasteiger partial charge is 0.123 e. The minimum absolute atomic E-state index is 0.120. The lowest BCUT2D eigenvalue weighted by Gasteiger charge is -2.15. The Kier molecular flexibility index (Phi) is 4.06.